The lowest BCUT2D eigenvalue weighted by atomic mass is 10.2. The van der Waals surface area contributed by atoms with Crippen molar-refractivity contribution in [1.29, 1.82) is 0 Å². The summed E-state index contributed by atoms with van der Waals surface area (Å²) in [5.41, 5.74) is 2.72. The van der Waals surface area contributed by atoms with Gasteiger partial charge in [-0.15, -0.1) is 13.2 Å². The lowest BCUT2D eigenvalue weighted by molar-refractivity contribution is -0.274. The van der Waals surface area contributed by atoms with Gasteiger partial charge in [0.2, 0.25) is 0 Å². The first-order chi connectivity index (χ1) is 14.9. The Morgan fingerprint density at radius 3 is 2.16 bits per heavy atom. The van der Waals surface area contributed by atoms with Crippen LogP contribution in [-0.2, 0) is 4.74 Å². The molecule has 2 saturated heterocycles. The molecule has 0 N–H and O–H groups in total. The van der Waals surface area contributed by atoms with Crippen LogP contribution in [0.2, 0.25) is 0 Å². The lowest BCUT2D eigenvalue weighted by Gasteiger charge is -2.37. The molecule has 0 aliphatic carbocycles. The summed E-state index contributed by atoms with van der Waals surface area (Å²) in [5.74, 6) is -0.241. The summed E-state index contributed by atoms with van der Waals surface area (Å²) >= 11 is 0. The fraction of sp³-hybridized carbons (Fsp3) is 0.571. The highest BCUT2D eigenvalue weighted by Gasteiger charge is 2.31. The average molecular weight is 439 g/mol. The fourth-order valence-electron chi connectivity index (χ4n) is 4.08. The van der Waals surface area contributed by atoms with Gasteiger partial charge in [-0.05, 0) is 31.2 Å². The van der Waals surface area contributed by atoms with E-state index in [0.717, 1.165) is 77.0 Å². The number of halogens is 3. The first-order valence-electron chi connectivity index (χ1n) is 10.6. The molecule has 0 amide bonds. The van der Waals surface area contributed by atoms with E-state index in [1.807, 2.05) is 13.1 Å². The van der Waals surface area contributed by atoms with Crippen molar-refractivity contribution in [2.24, 2.45) is 0 Å². The number of benzene rings is 1. The van der Waals surface area contributed by atoms with E-state index in [1.165, 1.54) is 12.1 Å². The van der Waals surface area contributed by atoms with Crippen LogP contribution in [0.15, 0.2) is 30.5 Å². The number of rotatable bonds is 6. The molecule has 0 saturated carbocycles. The molecule has 0 radical (unpaired) electrons. The molecule has 3 heterocycles. The van der Waals surface area contributed by atoms with E-state index >= 15 is 0 Å². The maximum atomic E-state index is 12.4. The zero-order valence-corrected chi connectivity index (χ0v) is 17.6. The molecule has 2 aliphatic heterocycles. The SMILES string of the molecule is Cc1c(N2CCN(CCN3CCOCC3)CC2)cnn1-c1ccc(OC(F)(F)F)cc1. The number of hydrogen-bond donors (Lipinski definition) is 0. The molecule has 0 spiro atoms. The monoisotopic (exact) mass is 439 g/mol. The summed E-state index contributed by atoms with van der Waals surface area (Å²) in [6, 6.07) is 5.76. The van der Waals surface area contributed by atoms with E-state index < -0.39 is 6.36 Å². The van der Waals surface area contributed by atoms with Crippen LogP contribution in [0.3, 0.4) is 0 Å². The highest BCUT2D eigenvalue weighted by atomic mass is 19.4. The Bertz CT molecular complexity index is 842. The first-order valence-corrected chi connectivity index (χ1v) is 10.6. The summed E-state index contributed by atoms with van der Waals surface area (Å²) in [5, 5.41) is 4.46. The second-order valence-corrected chi connectivity index (χ2v) is 7.85. The average Bonchev–Trinajstić information content (AvgIpc) is 3.14. The number of alkyl halides is 3. The maximum absolute atomic E-state index is 12.4. The van der Waals surface area contributed by atoms with E-state index in [2.05, 4.69) is 24.5 Å². The van der Waals surface area contributed by atoms with Crippen molar-refractivity contribution in [3.05, 3.63) is 36.2 Å². The molecule has 1 aromatic heterocycles. The Labute approximate surface area is 179 Å². The van der Waals surface area contributed by atoms with Crippen molar-refractivity contribution in [3.8, 4) is 11.4 Å². The van der Waals surface area contributed by atoms with Crippen molar-refractivity contribution in [2.45, 2.75) is 13.3 Å². The summed E-state index contributed by atoms with van der Waals surface area (Å²) < 4.78 is 48.1. The third-order valence-corrected chi connectivity index (χ3v) is 5.85. The number of piperazine rings is 1. The predicted octanol–water partition coefficient (Wildman–Crippen LogP) is 2.53. The van der Waals surface area contributed by atoms with Gasteiger partial charge < -0.3 is 14.4 Å². The van der Waals surface area contributed by atoms with Crippen LogP contribution >= 0.6 is 0 Å². The van der Waals surface area contributed by atoms with Crippen LogP contribution in [0.4, 0.5) is 18.9 Å². The molecule has 2 fully saturated rings. The summed E-state index contributed by atoms with van der Waals surface area (Å²) in [7, 11) is 0. The van der Waals surface area contributed by atoms with E-state index in [0.29, 0.717) is 5.69 Å². The quantitative estimate of drug-likeness (QED) is 0.690. The molecule has 0 bridgehead atoms. The number of ether oxygens (including phenoxy) is 2. The number of anilines is 1. The largest absolute Gasteiger partial charge is 0.573 e. The first kappa shape index (κ1) is 21.9. The number of morpholine rings is 1. The molecule has 0 unspecified atom stereocenters. The minimum atomic E-state index is -4.69. The Morgan fingerprint density at radius 2 is 1.55 bits per heavy atom. The second-order valence-electron chi connectivity index (χ2n) is 7.85. The Morgan fingerprint density at radius 1 is 0.935 bits per heavy atom. The number of hydrogen-bond acceptors (Lipinski definition) is 6. The van der Waals surface area contributed by atoms with Gasteiger partial charge in [-0.1, -0.05) is 0 Å². The maximum Gasteiger partial charge on any atom is 0.573 e. The van der Waals surface area contributed by atoms with Gasteiger partial charge >= 0.3 is 6.36 Å². The van der Waals surface area contributed by atoms with Crippen LogP contribution in [0.25, 0.3) is 5.69 Å². The van der Waals surface area contributed by atoms with Gasteiger partial charge in [0.25, 0.3) is 0 Å². The van der Waals surface area contributed by atoms with Crippen LogP contribution in [-0.4, -0.2) is 91.5 Å². The zero-order valence-electron chi connectivity index (χ0n) is 17.6. The number of aromatic nitrogens is 2. The van der Waals surface area contributed by atoms with Crippen molar-refractivity contribution in [1.82, 2.24) is 19.6 Å². The van der Waals surface area contributed by atoms with Crippen LogP contribution < -0.4 is 9.64 Å². The molecule has 7 nitrogen and oxygen atoms in total. The molecule has 0 atom stereocenters. The van der Waals surface area contributed by atoms with Gasteiger partial charge in [-0.2, -0.15) is 5.10 Å². The van der Waals surface area contributed by atoms with E-state index in [1.54, 1.807) is 16.8 Å². The standard InChI is InChI=1S/C21H28F3N5O2/c1-17-20(16-25-29(17)18-2-4-19(5-3-18)31-21(22,23)24)28-10-8-26(9-11-28)6-7-27-12-14-30-15-13-27/h2-5,16H,6-15H2,1H3. The molecular weight excluding hydrogens is 411 g/mol. The molecule has 31 heavy (non-hydrogen) atoms. The van der Waals surface area contributed by atoms with Gasteiger partial charge in [0.15, 0.2) is 0 Å². The minimum Gasteiger partial charge on any atom is -0.406 e. The topological polar surface area (TPSA) is 46.0 Å². The molecule has 2 aromatic rings. The summed E-state index contributed by atoms with van der Waals surface area (Å²) in [4.78, 5) is 7.27. The number of nitrogens with zero attached hydrogens (tertiary/aromatic N) is 5. The highest BCUT2D eigenvalue weighted by molar-refractivity contribution is 5.52. The molecular formula is C21H28F3N5O2. The van der Waals surface area contributed by atoms with Gasteiger partial charge in [0, 0.05) is 52.4 Å². The third kappa shape index (κ3) is 5.69. The fourth-order valence-corrected chi connectivity index (χ4v) is 4.08. The highest BCUT2D eigenvalue weighted by Crippen LogP contribution is 2.26. The molecule has 4 rings (SSSR count). The Balaban J connectivity index is 1.32. The summed E-state index contributed by atoms with van der Waals surface area (Å²) in [6.07, 6.45) is -2.86. The Kier molecular flexibility index (Phi) is 6.68. The minimum absolute atomic E-state index is 0.241. The van der Waals surface area contributed by atoms with Crippen LogP contribution in [0, 0.1) is 6.92 Å². The Hall–Kier alpha value is -2.30. The molecule has 10 heteroatoms. The zero-order chi connectivity index (χ0) is 21.8. The van der Waals surface area contributed by atoms with Gasteiger partial charge in [0.05, 0.1) is 36.5 Å². The van der Waals surface area contributed by atoms with Crippen molar-refractivity contribution in [2.75, 3.05) is 70.5 Å². The summed E-state index contributed by atoms with van der Waals surface area (Å²) in [6.45, 7) is 11.7. The molecule has 170 valence electrons. The van der Waals surface area contributed by atoms with E-state index in [9.17, 15) is 13.2 Å². The van der Waals surface area contributed by atoms with Crippen molar-refractivity contribution in [3.63, 3.8) is 0 Å². The van der Waals surface area contributed by atoms with Crippen molar-refractivity contribution < 1.29 is 22.6 Å². The van der Waals surface area contributed by atoms with Crippen LogP contribution in [0.1, 0.15) is 5.69 Å². The van der Waals surface area contributed by atoms with Gasteiger partial charge in [0.1, 0.15) is 5.75 Å². The lowest BCUT2D eigenvalue weighted by Crippen LogP contribution is -2.49. The van der Waals surface area contributed by atoms with E-state index in [-0.39, 0.29) is 5.75 Å². The molecule has 2 aliphatic rings. The van der Waals surface area contributed by atoms with E-state index in [4.69, 9.17) is 4.74 Å². The second kappa shape index (κ2) is 9.46. The normalized spacial score (nSPS) is 19.0. The predicted molar refractivity (Wildman–Crippen MR) is 111 cm³/mol. The smallest absolute Gasteiger partial charge is 0.406 e. The van der Waals surface area contributed by atoms with Crippen LogP contribution in [0.5, 0.6) is 5.75 Å². The van der Waals surface area contributed by atoms with Gasteiger partial charge in [-0.3, -0.25) is 9.80 Å². The van der Waals surface area contributed by atoms with Crippen molar-refractivity contribution >= 4 is 5.69 Å². The molecule has 1 aromatic carbocycles. The van der Waals surface area contributed by atoms with Gasteiger partial charge in [-0.25, -0.2) is 4.68 Å². The third-order valence-electron chi connectivity index (χ3n) is 5.85.